The molecule has 1 aromatic heterocycles. The highest BCUT2D eigenvalue weighted by molar-refractivity contribution is 7.90. The minimum atomic E-state index is -3.53. The molecular formula is C14H19NO6S. The van der Waals surface area contributed by atoms with Gasteiger partial charge in [0.2, 0.25) is 14.9 Å². The number of carbonyl (C=O) groups is 2. The molecule has 1 heterocycles. The van der Waals surface area contributed by atoms with Crippen LogP contribution in [0.25, 0.3) is 0 Å². The Hall–Kier alpha value is -1.83. The van der Waals surface area contributed by atoms with Crippen LogP contribution in [-0.2, 0) is 14.6 Å². The Labute approximate surface area is 128 Å². The summed E-state index contributed by atoms with van der Waals surface area (Å²) in [6.45, 7) is 1.70. The minimum absolute atomic E-state index is 0.142. The molecule has 0 aliphatic heterocycles. The van der Waals surface area contributed by atoms with Gasteiger partial charge < -0.3 is 14.8 Å². The maximum atomic E-state index is 12.2. The first kappa shape index (κ1) is 16.5. The molecule has 0 unspecified atom stereocenters. The van der Waals surface area contributed by atoms with Crippen LogP contribution in [0.1, 0.15) is 43.2 Å². The predicted octanol–water partition coefficient (Wildman–Crippen LogP) is 1.45. The van der Waals surface area contributed by atoms with Crippen LogP contribution in [0.15, 0.2) is 21.6 Å². The summed E-state index contributed by atoms with van der Waals surface area (Å²) in [6, 6.07) is 2.48. The number of aliphatic carboxylic acids is 1. The second-order valence-corrected chi connectivity index (χ2v) is 7.85. The molecule has 0 aromatic carbocycles. The van der Waals surface area contributed by atoms with Crippen LogP contribution < -0.4 is 5.32 Å². The van der Waals surface area contributed by atoms with E-state index in [1.54, 1.807) is 6.92 Å². The number of carboxylic acid groups (broad SMARTS) is 1. The van der Waals surface area contributed by atoms with Gasteiger partial charge in [-0.15, -0.1) is 0 Å². The Balaban J connectivity index is 2.20. The predicted molar refractivity (Wildman–Crippen MR) is 77.3 cm³/mol. The zero-order chi connectivity index (χ0) is 16.5. The fourth-order valence-corrected chi connectivity index (χ4v) is 3.40. The smallest absolute Gasteiger partial charge is 0.308 e. The van der Waals surface area contributed by atoms with Crippen molar-refractivity contribution in [1.82, 2.24) is 5.32 Å². The molecule has 1 fully saturated rings. The van der Waals surface area contributed by atoms with Gasteiger partial charge in [0.05, 0.1) is 11.5 Å². The van der Waals surface area contributed by atoms with E-state index in [4.69, 9.17) is 4.42 Å². The lowest BCUT2D eigenvalue weighted by molar-refractivity contribution is -0.145. The van der Waals surface area contributed by atoms with Crippen molar-refractivity contribution in [2.75, 3.05) is 6.26 Å². The van der Waals surface area contributed by atoms with Gasteiger partial charge in [0.15, 0.2) is 5.76 Å². The van der Waals surface area contributed by atoms with Crippen molar-refractivity contribution < 1.29 is 27.5 Å². The molecule has 1 saturated carbocycles. The van der Waals surface area contributed by atoms with E-state index in [0.717, 1.165) is 19.1 Å². The van der Waals surface area contributed by atoms with E-state index in [0.29, 0.717) is 12.8 Å². The lowest BCUT2D eigenvalue weighted by Gasteiger charge is -2.39. The lowest BCUT2D eigenvalue weighted by Crippen LogP contribution is -2.55. The zero-order valence-corrected chi connectivity index (χ0v) is 13.3. The van der Waals surface area contributed by atoms with Gasteiger partial charge in [-0.1, -0.05) is 12.8 Å². The Morgan fingerprint density at radius 3 is 2.59 bits per heavy atom. The van der Waals surface area contributed by atoms with Crippen molar-refractivity contribution in [2.45, 2.75) is 43.2 Å². The maximum absolute atomic E-state index is 12.2. The monoisotopic (exact) mass is 329 g/mol. The second kappa shape index (κ2) is 5.75. The maximum Gasteiger partial charge on any atom is 0.308 e. The van der Waals surface area contributed by atoms with Crippen molar-refractivity contribution >= 4 is 21.7 Å². The fraction of sp³-hybridized carbons (Fsp3) is 0.571. The first-order valence-corrected chi connectivity index (χ1v) is 8.88. The molecule has 122 valence electrons. The molecular weight excluding hydrogens is 310 g/mol. The molecule has 0 spiro atoms. The summed E-state index contributed by atoms with van der Waals surface area (Å²) < 4.78 is 27.8. The third kappa shape index (κ3) is 3.32. The summed E-state index contributed by atoms with van der Waals surface area (Å²) in [5.74, 6) is -2.37. The van der Waals surface area contributed by atoms with Gasteiger partial charge in [-0.05, 0) is 31.9 Å². The minimum Gasteiger partial charge on any atom is -0.481 e. The van der Waals surface area contributed by atoms with Crippen LogP contribution in [0.5, 0.6) is 0 Å². The fourth-order valence-electron chi connectivity index (χ4n) is 2.84. The molecule has 1 aliphatic carbocycles. The molecule has 2 N–H and O–H groups in total. The topological polar surface area (TPSA) is 114 Å². The van der Waals surface area contributed by atoms with Crippen LogP contribution in [0.2, 0.25) is 0 Å². The van der Waals surface area contributed by atoms with E-state index in [9.17, 15) is 23.1 Å². The van der Waals surface area contributed by atoms with Crippen molar-refractivity contribution in [1.29, 1.82) is 0 Å². The van der Waals surface area contributed by atoms with Crippen LogP contribution >= 0.6 is 0 Å². The Morgan fingerprint density at radius 2 is 2.05 bits per heavy atom. The Bertz CT molecular complexity index is 692. The van der Waals surface area contributed by atoms with Gasteiger partial charge in [0, 0.05) is 6.26 Å². The molecule has 0 bridgehead atoms. The first-order chi connectivity index (χ1) is 10.1. The molecule has 8 heteroatoms. The molecule has 22 heavy (non-hydrogen) atoms. The SMILES string of the molecule is C[C@]1(NC(=O)c2ccc(S(C)(=O)=O)o2)CCCC[C@@H]1C(=O)O. The molecule has 1 amide bonds. The molecule has 1 aromatic rings. The van der Waals surface area contributed by atoms with Crippen molar-refractivity contribution in [3.8, 4) is 0 Å². The number of carboxylic acids is 1. The van der Waals surface area contributed by atoms with Crippen LogP contribution in [0.4, 0.5) is 0 Å². The van der Waals surface area contributed by atoms with Gasteiger partial charge in [-0.2, -0.15) is 0 Å². The first-order valence-electron chi connectivity index (χ1n) is 6.99. The second-order valence-electron chi connectivity index (χ2n) is 5.90. The van der Waals surface area contributed by atoms with Crippen molar-refractivity contribution in [3.05, 3.63) is 17.9 Å². The lowest BCUT2D eigenvalue weighted by atomic mass is 9.74. The number of carbonyl (C=O) groups excluding carboxylic acids is 1. The average Bonchev–Trinajstić information content (AvgIpc) is 2.87. The Morgan fingerprint density at radius 1 is 1.36 bits per heavy atom. The highest BCUT2D eigenvalue weighted by Crippen LogP contribution is 2.34. The molecule has 0 radical (unpaired) electrons. The molecule has 2 atom stereocenters. The van der Waals surface area contributed by atoms with Gasteiger partial charge >= 0.3 is 5.97 Å². The average molecular weight is 329 g/mol. The Kier molecular flexibility index (Phi) is 4.32. The van der Waals surface area contributed by atoms with E-state index >= 15 is 0 Å². The molecule has 1 aliphatic rings. The summed E-state index contributed by atoms with van der Waals surface area (Å²) in [5.41, 5.74) is -0.876. The summed E-state index contributed by atoms with van der Waals surface area (Å²) in [4.78, 5) is 23.6. The highest BCUT2D eigenvalue weighted by atomic mass is 32.2. The summed E-state index contributed by atoms with van der Waals surface area (Å²) in [7, 11) is -3.53. The zero-order valence-electron chi connectivity index (χ0n) is 12.5. The van der Waals surface area contributed by atoms with Gasteiger partial charge in [0.25, 0.3) is 5.91 Å². The number of rotatable bonds is 4. The summed E-state index contributed by atoms with van der Waals surface area (Å²) >= 11 is 0. The van der Waals surface area contributed by atoms with Gasteiger partial charge in [-0.3, -0.25) is 9.59 Å². The highest BCUT2D eigenvalue weighted by Gasteiger charge is 2.42. The normalized spacial score (nSPS) is 25.6. The number of nitrogens with one attached hydrogen (secondary N) is 1. The van der Waals surface area contributed by atoms with E-state index in [1.807, 2.05) is 0 Å². The summed E-state index contributed by atoms with van der Waals surface area (Å²) in [6.07, 6.45) is 3.67. The third-order valence-corrected chi connectivity index (χ3v) is 5.03. The number of hydrogen-bond acceptors (Lipinski definition) is 5. The number of sulfone groups is 1. The standard InChI is InChI=1S/C14H19NO6S/c1-14(8-4-3-5-9(14)13(17)18)15-12(16)10-6-7-11(21-10)22(2,19)20/h6-7,9H,3-5,8H2,1-2H3,(H,15,16)(H,17,18)/t9-,14+/m1/s1. The van der Waals surface area contributed by atoms with Crippen molar-refractivity contribution in [3.63, 3.8) is 0 Å². The largest absolute Gasteiger partial charge is 0.481 e. The van der Waals surface area contributed by atoms with Crippen LogP contribution in [-0.4, -0.2) is 37.2 Å². The number of amides is 1. The molecule has 2 rings (SSSR count). The number of hydrogen-bond donors (Lipinski definition) is 2. The summed E-state index contributed by atoms with van der Waals surface area (Å²) in [5, 5.41) is 11.7. The number of furan rings is 1. The van der Waals surface area contributed by atoms with Gasteiger partial charge in [-0.25, -0.2) is 8.42 Å². The molecule has 7 nitrogen and oxygen atoms in total. The van der Waals surface area contributed by atoms with Gasteiger partial charge in [0.1, 0.15) is 0 Å². The van der Waals surface area contributed by atoms with Crippen molar-refractivity contribution in [2.24, 2.45) is 5.92 Å². The third-order valence-electron chi connectivity index (χ3n) is 4.08. The van der Waals surface area contributed by atoms with E-state index in [2.05, 4.69) is 5.32 Å². The quantitative estimate of drug-likeness (QED) is 0.864. The van der Waals surface area contributed by atoms with Crippen LogP contribution in [0, 0.1) is 5.92 Å². The van der Waals surface area contributed by atoms with Crippen LogP contribution in [0.3, 0.4) is 0 Å². The van der Waals surface area contributed by atoms with E-state index in [-0.39, 0.29) is 10.9 Å². The van der Waals surface area contributed by atoms with E-state index < -0.39 is 33.2 Å². The van der Waals surface area contributed by atoms with E-state index in [1.165, 1.54) is 12.1 Å². The molecule has 0 saturated heterocycles.